The van der Waals surface area contributed by atoms with Crippen LogP contribution in [0.2, 0.25) is 0 Å². The summed E-state index contributed by atoms with van der Waals surface area (Å²) in [5.41, 5.74) is 5.78. The van der Waals surface area contributed by atoms with Gasteiger partial charge in [0.25, 0.3) is 0 Å². The molecule has 0 aliphatic heterocycles. The van der Waals surface area contributed by atoms with E-state index in [9.17, 15) is 0 Å². The Morgan fingerprint density at radius 1 is 1.42 bits per heavy atom. The summed E-state index contributed by atoms with van der Waals surface area (Å²) in [7, 11) is 1.70. The van der Waals surface area contributed by atoms with E-state index in [4.69, 9.17) is 10.5 Å². The number of methoxy groups -OCH3 is 1. The maximum atomic E-state index is 5.78. The Balaban J connectivity index is 2.91. The fraction of sp³-hybridized carbons (Fsp3) is 0.692. The molecule has 1 aromatic rings. The van der Waals surface area contributed by atoms with Gasteiger partial charge in [0.05, 0.1) is 6.61 Å². The van der Waals surface area contributed by atoms with Crippen molar-refractivity contribution in [1.82, 2.24) is 9.97 Å². The summed E-state index contributed by atoms with van der Waals surface area (Å²) in [5, 5.41) is 3.24. The van der Waals surface area contributed by atoms with E-state index in [2.05, 4.69) is 41.0 Å². The van der Waals surface area contributed by atoms with Gasteiger partial charge in [-0.3, -0.25) is 0 Å². The Kier molecular flexibility index (Phi) is 6.35. The van der Waals surface area contributed by atoms with E-state index < -0.39 is 0 Å². The van der Waals surface area contributed by atoms with Crippen LogP contribution in [0.15, 0.2) is 6.07 Å². The van der Waals surface area contributed by atoms with Crippen molar-refractivity contribution in [1.29, 1.82) is 0 Å². The van der Waals surface area contributed by atoms with Crippen LogP contribution >= 0.6 is 0 Å². The number of nitrogens with one attached hydrogen (secondary N) is 1. The molecule has 0 aliphatic rings. The first-order valence-corrected chi connectivity index (χ1v) is 6.72. The minimum absolute atomic E-state index is 0.291. The molecule has 0 amide bonds. The van der Waals surface area contributed by atoms with E-state index in [1.165, 1.54) is 0 Å². The zero-order valence-corrected chi connectivity index (χ0v) is 12.3. The second-order valence-corrected chi connectivity index (χ2v) is 4.68. The third kappa shape index (κ3) is 4.90. The third-order valence-corrected chi connectivity index (χ3v) is 2.74. The highest BCUT2D eigenvalue weighted by atomic mass is 16.5. The molecule has 0 aromatic carbocycles. The van der Waals surface area contributed by atoms with Crippen molar-refractivity contribution in [2.24, 2.45) is 0 Å². The molecule has 0 bridgehead atoms. The van der Waals surface area contributed by atoms with Gasteiger partial charge in [0.2, 0.25) is 5.95 Å². The van der Waals surface area contributed by atoms with Crippen LogP contribution in [0.25, 0.3) is 0 Å². The molecule has 6 nitrogen and oxygen atoms in total. The predicted octanol–water partition coefficient (Wildman–Crippen LogP) is 1.74. The number of hydrogen-bond acceptors (Lipinski definition) is 6. The van der Waals surface area contributed by atoms with Gasteiger partial charge in [-0.15, -0.1) is 0 Å². The summed E-state index contributed by atoms with van der Waals surface area (Å²) in [6.45, 7) is 8.64. The topological polar surface area (TPSA) is 76.3 Å². The highest BCUT2D eigenvalue weighted by Crippen LogP contribution is 2.19. The number of anilines is 3. The number of aromatic nitrogens is 2. The molecule has 1 aromatic heterocycles. The molecule has 1 rings (SSSR count). The zero-order chi connectivity index (χ0) is 14.3. The van der Waals surface area contributed by atoms with Crippen LogP contribution in [0.3, 0.4) is 0 Å². The Labute approximate surface area is 115 Å². The zero-order valence-electron chi connectivity index (χ0n) is 12.3. The SMILES string of the molecule is CCCNc1cc(N(CCOC)C(C)C)nc(N)n1. The molecule has 6 heteroatoms. The van der Waals surface area contributed by atoms with E-state index in [0.29, 0.717) is 18.6 Å². The highest BCUT2D eigenvalue weighted by molar-refractivity contribution is 5.53. The molecule has 0 unspecified atom stereocenters. The second-order valence-electron chi connectivity index (χ2n) is 4.68. The number of nitrogens with zero attached hydrogens (tertiary/aromatic N) is 3. The van der Waals surface area contributed by atoms with Gasteiger partial charge in [0.1, 0.15) is 11.6 Å². The largest absolute Gasteiger partial charge is 0.383 e. The summed E-state index contributed by atoms with van der Waals surface area (Å²) in [4.78, 5) is 10.7. The average Bonchev–Trinajstić information content (AvgIpc) is 2.36. The van der Waals surface area contributed by atoms with Crippen molar-refractivity contribution in [2.75, 3.05) is 42.8 Å². The Bertz CT molecular complexity index is 383. The molecule has 0 saturated heterocycles. The number of nitrogens with two attached hydrogens (primary N) is 1. The van der Waals surface area contributed by atoms with Gasteiger partial charge in [-0.1, -0.05) is 6.92 Å². The smallest absolute Gasteiger partial charge is 0.223 e. The molecule has 0 atom stereocenters. The minimum Gasteiger partial charge on any atom is -0.383 e. The monoisotopic (exact) mass is 267 g/mol. The molecule has 3 N–H and O–H groups in total. The Morgan fingerprint density at radius 2 is 2.16 bits per heavy atom. The van der Waals surface area contributed by atoms with Gasteiger partial charge in [0.15, 0.2) is 0 Å². The summed E-state index contributed by atoms with van der Waals surface area (Å²) < 4.78 is 5.14. The Morgan fingerprint density at radius 3 is 2.74 bits per heavy atom. The summed E-state index contributed by atoms with van der Waals surface area (Å²) in [6.07, 6.45) is 1.04. The summed E-state index contributed by atoms with van der Waals surface area (Å²) in [5.74, 6) is 1.89. The van der Waals surface area contributed by atoms with Crippen LogP contribution in [0.1, 0.15) is 27.2 Å². The van der Waals surface area contributed by atoms with E-state index >= 15 is 0 Å². The number of nitrogen functional groups attached to an aromatic ring is 1. The first-order valence-electron chi connectivity index (χ1n) is 6.72. The molecule has 19 heavy (non-hydrogen) atoms. The fourth-order valence-corrected chi connectivity index (χ4v) is 1.77. The maximum Gasteiger partial charge on any atom is 0.223 e. The molecule has 0 spiro atoms. The lowest BCUT2D eigenvalue weighted by Gasteiger charge is -2.28. The van der Waals surface area contributed by atoms with Gasteiger partial charge >= 0.3 is 0 Å². The van der Waals surface area contributed by atoms with E-state index in [1.54, 1.807) is 7.11 Å². The molecule has 108 valence electrons. The van der Waals surface area contributed by atoms with Crippen molar-refractivity contribution < 1.29 is 4.74 Å². The van der Waals surface area contributed by atoms with Gasteiger partial charge in [0, 0.05) is 32.3 Å². The van der Waals surface area contributed by atoms with E-state index in [-0.39, 0.29) is 0 Å². The van der Waals surface area contributed by atoms with Gasteiger partial charge < -0.3 is 20.7 Å². The molecule has 0 aliphatic carbocycles. The van der Waals surface area contributed by atoms with Crippen LogP contribution in [0.5, 0.6) is 0 Å². The molecule has 0 fully saturated rings. The van der Waals surface area contributed by atoms with Crippen LogP contribution in [0.4, 0.5) is 17.6 Å². The molecule has 1 heterocycles. The average molecular weight is 267 g/mol. The second kappa shape index (κ2) is 7.78. The van der Waals surface area contributed by atoms with Gasteiger partial charge in [-0.25, -0.2) is 0 Å². The van der Waals surface area contributed by atoms with Crippen molar-refractivity contribution in [3.05, 3.63) is 6.07 Å². The molecular formula is C13H25N5O. The first-order chi connectivity index (χ1) is 9.08. The minimum atomic E-state index is 0.291. The van der Waals surface area contributed by atoms with Crippen molar-refractivity contribution >= 4 is 17.6 Å². The van der Waals surface area contributed by atoms with Gasteiger partial charge in [-0.05, 0) is 20.3 Å². The van der Waals surface area contributed by atoms with Gasteiger partial charge in [-0.2, -0.15) is 9.97 Å². The molecule has 0 radical (unpaired) electrons. The van der Waals surface area contributed by atoms with Crippen molar-refractivity contribution in [3.63, 3.8) is 0 Å². The van der Waals surface area contributed by atoms with Crippen LogP contribution in [0, 0.1) is 0 Å². The first kappa shape index (κ1) is 15.5. The van der Waals surface area contributed by atoms with Crippen molar-refractivity contribution in [2.45, 2.75) is 33.2 Å². The van der Waals surface area contributed by atoms with Crippen LogP contribution < -0.4 is 16.0 Å². The quantitative estimate of drug-likeness (QED) is 0.747. The lowest BCUT2D eigenvalue weighted by atomic mass is 10.3. The number of ether oxygens (including phenoxy) is 1. The number of hydrogen-bond donors (Lipinski definition) is 2. The predicted molar refractivity (Wildman–Crippen MR) is 79.6 cm³/mol. The molecule has 0 saturated carbocycles. The van der Waals surface area contributed by atoms with Crippen LogP contribution in [-0.4, -0.2) is 42.8 Å². The van der Waals surface area contributed by atoms with E-state index in [0.717, 1.165) is 31.1 Å². The molecular weight excluding hydrogens is 242 g/mol. The third-order valence-electron chi connectivity index (χ3n) is 2.74. The standard InChI is InChI=1S/C13H25N5O/c1-5-6-15-11-9-12(17-13(14)16-11)18(10(2)3)7-8-19-4/h9-10H,5-8H2,1-4H3,(H3,14,15,16,17). The number of rotatable bonds is 8. The summed E-state index contributed by atoms with van der Waals surface area (Å²) in [6, 6.07) is 2.25. The summed E-state index contributed by atoms with van der Waals surface area (Å²) >= 11 is 0. The van der Waals surface area contributed by atoms with E-state index in [1.807, 2.05) is 6.07 Å². The fourth-order valence-electron chi connectivity index (χ4n) is 1.77. The van der Waals surface area contributed by atoms with Crippen LogP contribution in [-0.2, 0) is 4.74 Å². The normalized spacial score (nSPS) is 10.8. The highest BCUT2D eigenvalue weighted by Gasteiger charge is 2.13. The lowest BCUT2D eigenvalue weighted by Crippen LogP contribution is -2.34. The lowest BCUT2D eigenvalue weighted by molar-refractivity contribution is 0.203. The van der Waals surface area contributed by atoms with Crippen molar-refractivity contribution in [3.8, 4) is 0 Å². The maximum absolute atomic E-state index is 5.78. The Hall–Kier alpha value is -1.56.